The van der Waals surface area contributed by atoms with Gasteiger partial charge in [-0.3, -0.25) is 4.79 Å². The van der Waals surface area contributed by atoms with E-state index in [0.717, 1.165) is 0 Å². The van der Waals surface area contributed by atoms with Crippen LogP contribution in [-0.2, 0) is 18.4 Å². The van der Waals surface area contributed by atoms with Gasteiger partial charge in [0.2, 0.25) is 6.33 Å². The number of hydrogen-bond donors (Lipinski definition) is 0. The first-order valence-electron chi connectivity index (χ1n) is 9.43. The van der Waals surface area contributed by atoms with Crippen LogP contribution >= 0.6 is 0 Å². The van der Waals surface area contributed by atoms with E-state index >= 15 is 0 Å². The van der Waals surface area contributed by atoms with E-state index in [1.54, 1.807) is 6.07 Å². The lowest BCUT2D eigenvalue weighted by Crippen LogP contribution is -2.23. The van der Waals surface area contributed by atoms with Crippen LogP contribution in [0.2, 0.25) is 0 Å². The minimum atomic E-state index is -1.36. The number of unbranched alkanes of at least 4 members (excludes halogenated alkanes) is 5. The van der Waals surface area contributed by atoms with Crippen LogP contribution in [0.1, 0.15) is 62.7 Å². The number of benzene rings is 1. The van der Waals surface area contributed by atoms with Gasteiger partial charge in [-0.05, 0) is 25.0 Å². The lowest BCUT2D eigenvalue weighted by Gasteiger charge is -2.08. The summed E-state index contributed by atoms with van der Waals surface area (Å²) in [6.45, 7) is 4.64. The number of carbonyl (C=O) groups is 2. The largest absolute Gasteiger partial charge is 0.545 e. The first-order valence-corrected chi connectivity index (χ1v) is 9.43. The summed E-state index contributed by atoms with van der Waals surface area (Å²) in [5.74, 6) is -1.92. The number of nitrogens with zero attached hydrogens (tertiary/aromatic N) is 2. The van der Waals surface area contributed by atoms with Crippen LogP contribution in [0.15, 0.2) is 43.0 Å². The summed E-state index contributed by atoms with van der Waals surface area (Å²) in [7, 11) is 2.07. The van der Waals surface area contributed by atoms with Gasteiger partial charge in [0.05, 0.1) is 19.6 Å². The van der Waals surface area contributed by atoms with E-state index in [2.05, 4.69) is 46.6 Å². The maximum absolute atomic E-state index is 10.6. The maximum Gasteiger partial charge on any atom is 0.308 e. The van der Waals surface area contributed by atoms with Crippen LogP contribution in [0, 0.1) is 0 Å². The van der Waals surface area contributed by atoms with Gasteiger partial charge in [-0.15, -0.1) is 0 Å². The second-order valence-corrected chi connectivity index (χ2v) is 6.46. The number of carboxylic acids is 1. The van der Waals surface area contributed by atoms with E-state index in [4.69, 9.17) is 0 Å². The molecular formula is C21H30N2O4. The smallest absolute Gasteiger partial charge is 0.308 e. The van der Waals surface area contributed by atoms with Gasteiger partial charge in [0.1, 0.15) is 18.1 Å². The first-order chi connectivity index (χ1) is 12.9. The molecule has 0 amide bonds. The molecule has 2 aromatic rings. The molecule has 6 nitrogen and oxygen atoms in total. The Morgan fingerprint density at radius 1 is 1.11 bits per heavy atom. The van der Waals surface area contributed by atoms with Gasteiger partial charge >= 0.3 is 5.97 Å². The third-order valence-corrected chi connectivity index (χ3v) is 3.95. The van der Waals surface area contributed by atoms with Gasteiger partial charge in [0.15, 0.2) is 0 Å². The highest BCUT2D eigenvalue weighted by Crippen LogP contribution is 2.16. The average molecular weight is 374 g/mol. The fourth-order valence-corrected chi connectivity index (χ4v) is 2.59. The van der Waals surface area contributed by atoms with Gasteiger partial charge in [-0.25, -0.2) is 9.13 Å². The van der Waals surface area contributed by atoms with Crippen LogP contribution in [0.25, 0.3) is 0 Å². The quantitative estimate of drug-likeness (QED) is 0.293. The van der Waals surface area contributed by atoms with Crippen LogP contribution in [0.5, 0.6) is 5.75 Å². The number of imidazole rings is 1. The normalized spacial score (nSPS) is 10.0. The molecule has 0 atom stereocenters. The summed E-state index contributed by atoms with van der Waals surface area (Å²) in [6, 6.07) is 5.81. The van der Waals surface area contributed by atoms with Crippen LogP contribution < -0.4 is 14.4 Å². The molecule has 0 unspecified atom stereocenters. The minimum absolute atomic E-state index is 0.00926. The molecule has 0 fully saturated rings. The zero-order valence-electron chi connectivity index (χ0n) is 16.5. The molecule has 2 rings (SSSR count). The average Bonchev–Trinajstić information content (AvgIpc) is 3.03. The highest BCUT2D eigenvalue weighted by molar-refractivity contribution is 5.90. The lowest BCUT2D eigenvalue weighted by atomic mass is 10.1. The first kappa shape index (κ1) is 22.4. The molecule has 0 bridgehead atoms. The molecule has 6 heteroatoms. The van der Waals surface area contributed by atoms with Crippen molar-refractivity contribution in [2.75, 3.05) is 0 Å². The fraction of sp³-hybridized carbons (Fsp3) is 0.476. The van der Waals surface area contributed by atoms with E-state index in [-0.39, 0.29) is 11.3 Å². The number of aryl methyl sites for hydroxylation is 2. The molecule has 0 spiro atoms. The Morgan fingerprint density at radius 2 is 1.78 bits per heavy atom. The van der Waals surface area contributed by atoms with E-state index in [9.17, 15) is 14.7 Å². The number of hydrogen-bond acceptors (Lipinski definition) is 4. The van der Waals surface area contributed by atoms with Gasteiger partial charge in [-0.1, -0.05) is 44.7 Å². The summed E-state index contributed by atoms with van der Waals surface area (Å²) in [4.78, 5) is 21.1. The highest BCUT2D eigenvalue weighted by Gasteiger charge is 2.05. The highest BCUT2D eigenvalue weighted by atomic mass is 16.5. The molecule has 0 saturated heterocycles. The molecule has 1 heterocycles. The predicted octanol–water partition coefficient (Wildman–Crippen LogP) is 2.65. The van der Waals surface area contributed by atoms with Crippen molar-refractivity contribution in [3.05, 3.63) is 48.5 Å². The number of rotatable bonds is 9. The maximum atomic E-state index is 10.6. The number of aromatic carboxylic acids is 1. The standard InChI is InChI=1S/C12H23N2.C9H8O4/c1-3-4-5-6-7-8-9-14-11-10-13(2)12-14;1-6(10)13-8-5-3-2-4-7(8)9(11)12/h10-12H,3-9H2,1-2H3;2-5H,1H3,(H,11,12)/q+1;/p-1. The van der Waals surface area contributed by atoms with E-state index in [0.29, 0.717) is 0 Å². The second kappa shape index (κ2) is 12.7. The fourth-order valence-electron chi connectivity index (χ4n) is 2.59. The van der Waals surface area contributed by atoms with Gasteiger partial charge < -0.3 is 14.6 Å². The van der Waals surface area contributed by atoms with E-state index < -0.39 is 11.9 Å². The molecule has 0 aliphatic rings. The number of aromatic nitrogens is 2. The zero-order valence-corrected chi connectivity index (χ0v) is 16.5. The Balaban J connectivity index is 0.000000271. The van der Waals surface area contributed by atoms with Crippen molar-refractivity contribution in [3.63, 3.8) is 0 Å². The molecule has 0 aliphatic carbocycles. The van der Waals surface area contributed by atoms with Crippen molar-refractivity contribution >= 4 is 11.9 Å². The van der Waals surface area contributed by atoms with Crippen LogP contribution in [0.4, 0.5) is 0 Å². The number of esters is 1. The van der Waals surface area contributed by atoms with Gasteiger partial charge in [-0.2, -0.15) is 0 Å². The van der Waals surface area contributed by atoms with Crippen LogP contribution in [-0.4, -0.2) is 16.5 Å². The molecule has 148 valence electrons. The Hall–Kier alpha value is -2.63. The second-order valence-electron chi connectivity index (χ2n) is 6.46. The zero-order chi connectivity index (χ0) is 20.1. The Kier molecular flexibility index (Phi) is 10.5. The summed E-state index contributed by atoms with van der Waals surface area (Å²) in [5.41, 5.74) is -0.127. The summed E-state index contributed by atoms with van der Waals surface area (Å²) < 4.78 is 9.00. The lowest BCUT2D eigenvalue weighted by molar-refractivity contribution is -0.671. The van der Waals surface area contributed by atoms with Gasteiger partial charge in [0.25, 0.3) is 0 Å². The Morgan fingerprint density at radius 3 is 2.37 bits per heavy atom. The van der Waals surface area contributed by atoms with Gasteiger partial charge in [0, 0.05) is 12.5 Å². The third-order valence-electron chi connectivity index (χ3n) is 3.95. The molecule has 1 aromatic heterocycles. The number of carbonyl (C=O) groups excluding carboxylic acids is 2. The number of ether oxygens (including phenoxy) is 1. The van der Waals surface area contributed by atoms with Crippen molar-refractivity contribution in [2.24, 2.45) is 7.05 Å². The van der Waals surface area contributed by atoms with E-state index in [1.165, 1.54) is 70.2 Å². The third kappa shape index (κ3) is 9.58. The summed E-state index contributed by atoms with van der Waals surface area (Å²) in [5, 5.41) is 10.5. The monoisotopic (exact) mass is 374 g/mol. The molecule has 0 radical (unpaired) electrons. The molecular weight excluding hydrogens is 344 g/mol. The molecule has 0 N–H and O–H groups in total. The minimum Gasteiger partial charge on any atom is -0.545 e. The van der Waals surface area contributed by atoms with E-state index in [1.807, 2.05) is 0 Å². The van der Waals surface area contributed by atoms with Crippen molar-refractivity contribution in [1.29, 1.82) is 0 Å². The topological polar surface area (TPSA) is 75.2 Å². The molecule has 1 aromatic carbocycles. The summed E-state index contributed by atoms with van der Waals surface area (Å²) >= 11 is 0. The molecule has 0 saturated carbocycles. The van der Waals surface area contributed by atoms with Crippen LogP contribution in [0.3, 0.4) is 0 Å². The Labute approximate surface area is 161 Å². The SMILES string of the molecule is CC(=O)Oc1ccccc1C(=O)[O-].CCCCCCCCn1cc[n+](C)c1. The van der Waals surface area contributed by atoms with Crippen molar-refractivity contribution < 1.29 is 24.0 Å². The summed E-state index contributed by atoms with van der Waals surface area (Å²) in [6.07, 6.45) is 14.6. The number of carboxylic acid groups (broad SMARTS) is 1. The predicted molar refractivity (Wildman–Crippen MR) is 101 cm³/mol. The molecule has 0 aliphatic heterocycles. The molecule has 27 heavy (non-hydrogen) atoms. The van der Waals surface area contributed by atoms with Crippen molar-refractivity contribution in [2.45, 2.75) is 58.9 Å². The Bertz CT molecular complexity index is 710. The van der Waals surface area contributed by atoms with Crippen molar-refractivity contribution in [3.8, 4) is 5.75 Å². The number of para-hydroxylation sites is 1. The van der Waals surface area contributed by atoms with Crippen molar-refractivity contribution in [1.82, 2.24) is 4.57 Å².